The van der Waals surface area contributed by atoms with Gasteiger partial charge < -0.3 is 4.74 Å². The fourth-order valence-corrected chi connectivity index (χ4v) is 1.94. The molecule has 3 aromatic rings. The van der Waals surface area contributed by atoms with Gasteiger partial charge in [-0.05, 0) is 42.5 Å². The van der Waals surface area contributed by atoms with Gasteiger partial charge >= 0.3 is 0 Å². The Balaban J connectivity index is 1.95. The summed E-state index contributed by atoms with van der Waals surface area (Å²) in [7, 11) is 0. The number of hydrogen-bond acceptors (Lipinski definition) is 3. The predicted octanol–water partition coefficient (Wildman–Crippen LogP) is 3.82. The van der Waals surface area contributed by atoms with Crippen molar-refractivity contribution in [3.05, 3.63) is 66.1 Å². The van der Waals surface area contributed by atoms with Gasteiger partial charge in [0.05, 0.1) is 5.69 Å². The van der Waals surface area contributed by atoms with E-state index in [-0.39, 0.29) is 5.82 Å². The van der Waals surface area contributed by atoms with E-state index in [0.29, 0.717) is 29.2 Å². The van der Waals surface area contributed by atoms with Crippen LogP contribution in [0.1, 0.15) is 10.5 Å². The first-order chi connectivity index (χ1) is 10.3. The van der Waals surface area contributed by atoms with Crippen LogP contribution in [0.15, 0.2) is 54.6 Å². The maximum absolute atomic E-state index is 12.9. The molecule has 0 aliphatic heterocycles. The van der Waals surface area contributed by atoms with Gasteiger partial charge in [-0.1, -0.05) is 12.1 Å². The number of H-pyrrole nitrogens is 1. The second-order valence-corrected chi connectivity index (χ2v) is 4.38. The van der Waals surface area contributed by atoms with E-state index in [1.807, 2.05) is 18.2 Å². The van der Waals surface area contributed by atoms with Crippen LogP contribution in [0.5, 0.6) is 11.5 Å². The number of ether oxygens (including phenoxy) is 1. The molecule has 0 saturated heterocycles. The lowest BCUT2D eigenvalue weighted by molar-refractivity contribution is 0.111. The van der Waals surface area contributed by atoms with Gasteiger partial charge in [-0.15, -0.1) is 0 Å². The fraction of sp³-hybridized carbons (Fsp3) is 0. The molecule has 5 heteroatoms. The number of rotatable bonds is 4. The summed E-state index contributed by atoms with van der Waals surface area (Å²) in [6.07, 6.45) is 0.670. The SMILES string of the molecule is O=Cc1cc(-c2ccccc2Oc2ccc(F)cc2)[nH]n1. The second kappa shape index (κ2) is 5.58. The Morgan fingerprint density at radius 1 is 1.10 bits per heavy atom. The Morgan fingerprint density at radius 2 is 1.86 bits per heavy atom. The summed E-state index contributed by atoms with van der Waals surface area (Å²) in [5.74, 6) is 0.795. The molecule has 104 valence electrons. The zero-order valence-corrected chi connectivity index (χ0v) is 10.9. The van der Waals surface area contributed by atoms with E-state index in [1.54, 1.807) is 24.3 Å². The van der Waals surface area contributed by atoms with Gasteiger partial charge in [-0.2, -0.15) is 5.10 Å². The number of benzene rings is 2. The minimum absolute atomic E-state index is 0.320. The number of aromatic nitrogens is 2. The van der Waals surface area contributed by atoms with Crippen LogP contribution in [-0.4, -0.2) is 16.5 Å². The lowest BCUT2D eigenvalue weighted by Gasteiger charge is -2.09. The number of aldehydes is 1. The van der Waals surface area contributed by atoms with Crippen LogP contribution in [-0.2, 0) is 0 Å². The molecule has 0 radical (unpaired) electrons. The van der Waals surface area contributed by atoms with Crippen LogP contribution in [0, 0.1) is 5.82 Å². The largest absolute Gasteiger partial charge is 0.457 e. The van der Waals surface area contributed by atoms with E-state index >= 15 is 0 Å². The standard InChI is InChI=1S/C16H11FN2O2/c17-11-5-7-13(8-6-11)21-16-4-2-1-3-14(16)15-9-12(10-20)18-19-15/h1-10H,(H,18,19). The molecule has 21 heavy (non-hydrogen) atoms. The summed E-state index contributed by atoms with van der Waals surface area (Å²) in [5, 5.41) is 6.66. The molecule has 2 aromatic carbocycles. The highest BCUT2D eigenvalue weighted by Crippen LogP contribution is 2.32. The Bertz CT molecular complexity index is 766. The van der Waals surface area contributed by atoms with E-state index in [2.05, 4.69) is 10.2 Å². The van der Waals surface area contributed by atoms with Gasteiger partial charge in [0.15, 0.2) is 6.29 Å². The van der Waals surface area contributed by atoms with Crippen molar-refractivity contribution in [2.24, 2.45) is 0 Å². The molecule has 1 aromatic heterocycles. The number of carbonyl (C=O) groups excluding carboxylic acids is 1. The maximum Gasteiger partial charge on any atom is 0.170 e. The van der Waals surface area contributed by atoms with E-state index in [9.17, 15) is 9.18 Å². The highest BCUT2D eigenvalue weighted by atomic mass is 19.1. The summed E-state index contributed by atoms with van der Waals surface area (Å²) < 4.78 is 18.7. The molecule has 0 aliphatic rings. The predicted molar refractivity (Wildman–Crippen MR) is 75.9 cm³/mol. The van der Waals surface area contributed by atoms with Crippen LogP contribution >= 0.6 is 0 Å². The zero-order valence-electron chi connectivity index (χ0n) is 10.9. The molecule has 1 N–H and O–H groups in total. The number of hydrogen-bond donors (Lipinski definition) is 1. The molecule has 4 nitrogen and oxygen atoms in total. The van der Waals surface area contributed by atoms with E-state index < -0.39 is 0 Å². The van der Waals surface area contributed by atoms with Crippen LogP contribution in [0.3, 0.4) is 0 Å². The zero-order chi connectivity index (χ0) is 14.7. The second-order valence-electron chi connectivity index (χ2n) is 4.38. The summed E-state index contributed by atoms with van der Waals surface area (Å²) in [4.78, 5) is 10.7. The van der Waals surface area contributed by atoms with Crippen molar-refractivity contribution in [2.75, 3.05) is 0 Å². The highest BCUT2D eigenvalue weighted by molar-refractivity contribution is 5.77. The minimum atomic E-state index is -0.320. The molecule has 0 amide bonds. The van der Waals surface area contributed by atoms with Gasteiger partial charge in [0.1, 0.15) is 23.0 Å². The van der Waals surface area contributed by atoms with E-state index in [1.165, 1.54) is 12.1 Å². The van der Waals surface area contributed by atoms with E-state index in [0.717, 1.165) is 5.56 Å². The summed E-state index contributed by atoms with van der Waals surface area (Å²) in [6.45, 7) is 0. The molecule has 0 bridgehead atoms. The van der Waals surface area contributed by atoms with Crippen molar-refractivity contribution < 1.29 is 13.9 Å². The molecule has 0 aliphatic carbocycles. The first-order valence-corrected chi connectivity index (χ1v) is 6.29. The van der Waals surface area contributed by atoms with Crippen molar-refractivity contribution in [3.63, 3.8) is 0 Å². The van der Waals surface area contributed by atoms with Crippen molar-refractivity contribution in [3.8, 4) is 22.8 Å². The number of aromatic amines is 1. The Kier molecular flexibility index (Phi) is 3.47. The molecule has 1 heterocycles. The number of carbonyl (C=O) groups is 1. The van der Waals surface area contributed by atoms with Gasteiger partial charge in [0, 0.05) is 5.56 Å². The molecule has 0 saturated carbocycles. The van der Waals surface area contributed by atoms with Crippen molar-refractivity contribution in [1.29, 1.82) is 0 Å². The van der Waals surface area contributed by atoms with Gasteiger partial charge in [-0.3, -0.25) is 9.89 Å². The lowest BCUT2D eigenvalue weighted by Crippen LogP contribution is -1.88. The summed E-state index contributed by atoms with van der Waals surface area (Å²) in [5.41, 5.74) is 1.76. The summed E-state index contributed by atoms with van der Waals surface area (Å²) in [6, 6.07) is 14.7. The van der Waals surface area contributed by atoms with Crippen LogP contribution in [0.2, 0.25) is 0 Å². The first-order valence-electron chi connectivity index (χ1n) is 6.29. The van der Waals surface area contributed by atoms with Crippen LogP contribution in [0.25, 0.3) is 11.3 Å². The Hall–Kier alpha value is -2.95. The smallest absolute Gasteiger partial charge is 0.170 e. The van der Waals surface area contributed by atoms with Crippen molar-refractivity contribution in [2.45, 2.75) is 0 Å². The average Bonchev–Trinajstić information content (AvgIpc) is 2.99. The molecule has 0 atom stereocenters. The quantitative estimate of drug-likeness (QED) is 0.740. The third-order valence-electron chi connectivity index (χ3n) is 2.94. The maximum atomic E-state index is 12.9. The molecular formula is C16H11FN2O2. The van der Waals surface area contributed by atoms with Crippen molar-refractivity contribution in [1.82, 2.24) is 10.2 Å². The van der Waals surface area contributed by atoms with Crippen LogP contribution < -0.4 is 4.74 Å². The molecule has 3 rings (SSSR count). The number of nitrogens with zero attached hydrogens (tertiary/aromatic N) is 1. The Morgan fingerprint density at radius 3 is 2.57 bits per heavy atom. The Labute approximate surface area is 120 Å². The molecular weight excluding hydrogens is 271 g/mol. The highest BCUT2D eigenvalue weighted by Gasteiger charge is 2.10. The van der Waals surface area contributed by atoms with Crippen molar-refractivity contribution >= 4 is 6.29 Å². The van der Waals surface area contributed by atoms with Crippen LogP contribution in [0.4, 0.5) is 4.39 Å². The van der Waals surface area contributed by atoms with Gasteiger partial charge in [0.2, 0.25) is 0 Å². The third kappa shape index (κ3) is 2.81. The average molecular weight is 282 g/mol. The monoisotopic (exact) mass is 282 g/mol. The first kappa shape index (κ1) is 13.1. The normalized spacial score (nSPS) is 10.3. The topological polar surface area (TPSA) is 55.0 Å². The third-order valence-corrected chi connectivity index (χ3v) is 2.94. The molecule has 0 spiro atoms. The van der Waals surface area contributed by atoms with E-state index in [4.69, 9.17) is 4.74 Å². The number of halogens is 1. The number of para-hydroxylation sites is 1. The number of nitrogens with one attached hydrogen (secondary N) is 1. The van der Waals surface area contributed by atoms with Gasteiger partial charge in [0.25, 0.3) is 0 Å². The van der Waals surface area contributed by atoms with Gasteiger partial charge in [-0.25, -0.2) is 4.39 Å². The lowest BCUT2D eigenvalue weighted by atomic mass is 10.1. The molecule has 0 fully saturated rings. The minimum Gasteiger partial charge on any atom is -0.457 e. The molecule has 0 unspecified atom stereocenters. The fourth-order valence-electron chi connectivity index (χ4n) is 1.94. The summed E-state index contributed by atoms with van der Waals surface area (Å²) >= 11 is 0.